The number of para-hydroxylation sites is 5. The fourth-order valence-electron chi connectivity index (χ4n) is 11.3. The van der Waals surface area contributed by atoms with E-state index in [1.165, 1.54) is 91.6 Å². The molecule has 0 radical (unpaired) electrons. The van der Waals surface area contributed by atoms with Gasteiger partial charge in [0.05, 0.1) is 22.1 Å². The molecule has 2 aromatic heterocycles. The Morgan fingerprint density at radius 1 is 0.303 bits per heavy atom. The zero-order valence-electron chi connectivity index (χ0n) is 35.9. The molecule has 0 aliphatic carbocycles. The summed E-state index contributed by atoms with van der Waals surface area (Å²) in [6.07, 6.45) is 0. The molecule has 1 aliphatic heterocycles. The van der Waals surface area contributed by atoms with Crippen LogP contribution in [0.25, 0.3) is 87.7 Å². The Balaban J connectivity index is 1.15. The molecular formula is C62H40N2OSi. The summed E-state index contributed by atoms with van der Waals surface area (Å²) in [5, 5.41) is 14.9. The van der Waals surface area contributed by atoms with E-state index in [4.69, 9.17) is 4.74 Å². The summed E-state index contributed by atoms with van der Waals surface area (Å²) in [5.74, 6) is 1.81. The lowest BCUT2D eigenvalue weighted by atomic mass is 10.0. The zero-order valence-corrected chi connectivity index (χ0v) is 36.9. The van der Waals surface area contributed by atoms with Crippen LogP contribution in [0, 0.1) is 0 Å². The molecule has 1 aliphatic rings. The Morgan fingerprint density at radius 3 is 1.58 bits per heavy atom. The van der Waals surface area contributed by atoms with E-state index >= 15 is 0 Å². The fourth-order valence-corrected chi connectivity index (χ4v) is 16.4. The van der Waals surface area contributed by atoms with E-state index in [1.54, 1.807) is 0 Å². The van der Waals surface area contributed by atoms with Gasteiger partial charge in [0.25, 0.3) is 0 Å². The predicted octanol–water partition coefficient (Wildman–Crippen LogP) is 13.3. The molecule has 0 saturated carbocycles. The number of fused-ring (bicyclic) bond motifs is 10. The van der Waals surface area contributed by atoms with Gasteiger partial charge < -0.3 is 13.9 Å². The van der Waals surface area contributed by atoms with Crippen molar-refractivity contribution in [2.45, 2.75) is 0 Å². The maximum atomic E-state index is 7.23. The summed E-state index contributed by atoms with van der Waals surface area (Å²) in [6, 6.07) is 90.0. The standard InChI is InChI=1S/C62H40N2OSi/c1-2-20-47(21-3-1)63-53-25-11-10-24-51(53)52-40-48(33-34-56(52)63)66(60-29-15-14-28-58(60)65-59-38-46(32-35-61(59)66)45-31-30-41-16-4-5-17-42(41)36-45)62-39-44-19-7-6-18-43(44)37-57(62)64-54-26-12-8-22-49(54)50-23-9-13-27-55(50)64/h1-40H. The number of benzene rings is 11. The third-order valence-corrected chi connectivity index (χ3v) is 19.0. The Hall–Kier alpha value is -8.44. The molecular weight excluding hydrogens is 817 g/mol. The molecule has 1 atom stereocenters. The first kappa shape index (κ1) is 37.0. The van der Waals surface area contributed by atoms with E-state index in [-0.39, 0.29) is 0 Å². The highest BCUT2D eigenvalue weighted by molar-refractivity contribution is 7.21. The summed E-state index contributed by atoms with van der Waals surface area (Å²) in [6.45, 7) is 0. The van der Waals surface area contributed by atoms with Crippen molar-refractivity contribution in [2.75, 3.05) is 0 Å². The van der Waals surface area contributed by atoms with Crippen molar-refractivity contribution in [1.29, 1.82) is 0 Å². The van der Waals surface area contributed by atoms with Gasteiger partial charge in [0.2, 0.25) is 0 Å². The van der Waals surface area contributed by atoms with Crippen LogP contribution in [-0.2, 0) is 0 Å². The third-order valence-electron chi connectivity index (χ3n) is 14.2. The molecule has 0 fully saturated rings. The molecule has 0 amide bonds. The molecule has 0 N–H and O–H groups in total. The number of hydrogen-bond acceptors (Lipinski definition) is 1. The lowest BCUT2D eigenvalue weighted by molar-refractivity contribution is 0.487. The SMILES string of the molecule is c1ccc(-n2c3ccccc3c3cc([Si]4(c5cc6ccccc6cc5-n5c6ccccc6c6ccccc65)c5ccccc5Oc5cc(-c6ccc7ccccc7c6)ccc54)ccc32)cc1. The van der Waals surface area contributed by atoms with Gasteiger partial charge in [0.15, 0.2) is 8.07 Å². The van der Waals surface area contributed by atoms with Crippen LogP contribution in [0.1, 0.15) is 0 Å². The first-order valence-corrected chi connectivity index (χ1v) is 24.7. The largest absolute Gasteiger partial charge is 0.458 e. The van der Waals surface area contributed by atoms with E-state index < -0.39 is 8.07 Å². The van der Waals surface area contributed by atoms with Crippen LogP contribution < -0.4 is 25.5 Å². The van der Waals surface area contributed by atoms with Crippen molar-refractivity contribution in [2.24, 2.45) is 0 Å². The second-order valence-electron chi connectivity index (χ2n) is 17.6. The van der Waals surface area contributed by atoms with Crippen LogP contribution >= 0.6 is 0 Å². The highest BCUT2D eigenvalue weighted by Crippen LogP contribution is 2.39. The van der Waals surface area contributed by atoms with Crippen molar-refractivity contribution in [3.63, 3.8) is 0 Å². The maximum Gasteiger partial charge on any atom is 0.190 e. The first-order chi connectivity index (χ1) is 32.7. The number of aromatic nitrogens is 2. The summed E-state index contributed by atoms with van der Waals surface area (Å²) < 4.78 is 12.2. The van der Waals surface area contributed by atoms with E-state index in [1.807, 2.05) is 0 Å². The molecule has 0 saturated heterocycles. The Labute approximate surface area is 382 Å². The lowest BCUT2D eigenvalue weighted by Gasteiger charge is -2.41. The molecule has 14 rings (SSSR count). The second kappa shape index (κ2) is 14.3. The van der Waals surface area contributed by atoms with Crippen molar-refractivity contribution in [3.05, 3.63) is 243 Å². The Kier molecular flexibility index (Phi) is 8.00. The smallest absolute Gasteiger partial charge is 0.190 e. The molecule has 0 bridgehead atoms. The van der Waals surface area contributed by atoms with Gasteiger partial charge in [-0.2, -0.15) is 0 Å². The average molecular weight is 857 g/mol. The van der Waals surface area contributed by atoms with Crippen LogP contribution in [-0.4, -0.2) is 17.2 Å². The van der Waals surface area contributed by atoms with Gasteiger partial charge in [-0.1, -0.05) is 182 Å². The minimum atomic E-state index is -3.37. The van der Waals surface area contributed by atoms with Crippen LogP contribution in [0.15, 0.2) is 243 Å². The van der Waals surface area contributed by atoms with E-state index in [2.05, 4.69) is 252 Å². The van der Waals surface area contributed by atoms with Gasteiger partial charge >= 0.3 is 0 Å². The van der Waals surface area contributed by atoms with Crippen molar-refractivity contribution < 1.29 is 4.74 Å². The summed E-state index contributed by atoms with van der Waals surface area (Å²) in [5.41, 5.74) is 9.38. The van der Waals surface area contributed by atoms with Crippen molar-refractivity contribution >= 4 is 94.0 Å². The Morgan fingerprint density at radius 2 is 0.833 bits per heavy atom. The quantitative estimate of drug-likeness (QED) is 0.158. The molecule has 308 valence electrons. The van der Waals surface area contributed by atoms with Crippen molar-refractivity contribution in [1.82, 2.24) is 9.13 Å². The van der Waals surface area contributed by atoms with Gasteiger partial charge in [-0.3, -0.25) is 0 Å². The maximum absolute atomic E-state index is 7.23. The highest BCUT2D eigenvalue weighted by atomic mass is 28.3. The monoisotopic (exact) mass is 856 g/mol. The van der Waals surface area contributed by atoms with Gasteiger partial charge in [0.1, 0.15) is 11.5 Å². The number of nitrogens with zero attached hydrogens (tertiary/aromatic N) is 2. The second-order valence-corrected chi connectivity index (χ2v) is 21.3. The third kappa shape index (κ3) is 5.30. The Bertz CT molecular complexity index is 4050. The minimum absolute atomic E-state index is 0.902. The van der Waals surface area contributed by atoms with Crippen LogP contribution in [0.4, 0.5) is 0 Å². The molecule has 1 unspecified atom stereocenters. The molecule has 3 heterocycles. The average Bonchev–Trinajstić information content (AvgIpc) is 3.90. The molecule has 11 aromatic carbocycles. The summed E-state index contributed by atoms with van der Waals surface area (Å²) in [4.78, 5) is 0. The summed E-state index contributed by atoms with van der Waals surface area (Å²) in [7, 11) is -3.37. The van der Waals surface area contributed by atoms with E-state index in [0.29, 0.717) is 0 Å². The van der Waals surface area contributed by atoms with Crippen LogP contribution in [0.2, 0.25) is 0 Å². The fraction of sp³-hybridized carbons (Fsp3) is 0. The minimum Gasteiger partial charge on any atom is -0.458 e. The van der Waals surface area contributed by atoms with Gasteiger partial charge in [-0.15, -0.1) is 0 Å². The number of hydrogen-bond donors (Lipinski definition) is 0. The topological polar surface area (TPSA) is 19.1 Å². The van der Waals surface area contributed by atoms with Gasteiger partial charge in [0, 0.05) is 32.9 Å². The highest BCUT2D eigenvalue weighted by Gasteiger charge is 2.50. The zero-order chi connectivity index (χ0) is 43.3. The first-order valence-electron chi connectivity index (χ1n) is 22.7. The number of ether oxygens (including phenoxy) is 1. The molecule has 4 heteroatoms. The molecule has 13 aromatic rings. The van der Waals surface area contributed by atoms with E-state index in [0.717, 1.165) is 28.3 Å². The lowest BCUT2D eigenvalue weighted by Crippen LogP contribution is -2.76. The van der Waals surface area contributed by atoms with Crippen LogP contribution in [0.3, 0.4) is 0 Å². The van der Waals surface area contributed by atoms with Gasteiger partial charge in [-0.05, 0) is 114 Å². The van der Waals surface area contributed by atoms with Crippen LogP contribution in [0.5, 0.6) is 11.5 Å². The molecule has 3 nitrogen and oxygen atoms in total. The number of rotatable bonds is 5. The normalized spacial score (nSPS) is 14.5. The van der Waals surface area contributed by atoms with E-state index in [9.17, 15) is 0 Å². The predicted molar refractivity (Wildman–Crippen MR) is 279 cm³/mol. The van der Waals surface area contributed by atoms with Gasteiger partial charge in [-0.25, -0.2) is 0 Å². The molecule has 0 spiro atoms. The van der Waals surface area contributed by atoms with Crippen molar-refractivity contribution in [3.8, 4) is 34.0 Å². The summed E-state index contributed by atoms with van der Waals surface area (Å²) >= 11 is 0. The molecule has 66 heavy (non-hydrogen) atoms.